The molecule has 0 fully saturated rings. The lowest BCUT2D eigenvalue weighted by Gasteiger charge is -2.31. The Kier molecular flexibility index (Phi) is 7.79. The van der Waals surface area contributed by atoms with Gasteiger partial charge in [-0.25, -0.2) is 0 Å². The Bertz CT molecular complexity index is 1090. The van der Waals surface area contributed by atoms with Crippen LogP contribution in [0.1, 0.15) is 16.7 Å². The highest BCUT2D eigenvalue weighted by Crippen LogP contribution is 2.17. The molecule has 5 heteroatoms. The van der Waals surface area contributed by atoms with Crippen molar-refractivity contribution in [3.8, 4) is 0 Å². The molecule has 0 bridgehead atoms. The van der Waals surface area contributed by atoms with Crippen LogP contribution in [-0.2, 0) is 0 Å². The van der Waals surface area contributed by atoms with Crippen LogP contribution in [-0.4, -0.2) is 31.6 Å². The third kappa shape index (κ3) is 5.72. The van der Waals surface area contributed by atoms with Crippen LogP contribution < -0.4 is 31.1 Å². The molecule has 3 aromatic carbocycles. The smallest absolute Gasteiger partial charge is 0.149 e. The Balaban J connectivity index is 2.31. The van der Waals surface area contributed by atoms with E-state index in [4.69, 9.17) is 11.1 Å². The topological polar surface area (TPSA) is 0 Å². The van der Waals surface area contributed by atoms with Crippen molar-refractivity contribution in [2.24, 2.45) is 0 Å². The Hall–Kier alpha value is -1.18. The quantitative estimate of drug-likeness (QED) is 0.216. The molecule has 0 heterocycles. The summed E-state index contributed by atoms with van der Waals surface area (Å²) in [5.41, 5.74) is 4.18. The minimum absolute atomic E-state index is 1.30. The van der Waals surface area contributed by atoms with Gasteiger partial charge in [-0.1, -0.05) is 146 Å². The number of halogens is 1. The Morgan fingerprint density at radius 1 is 0.429 bits per heavy atom. The first kappa shape index (κ1) is 28.4. The van der Waals surface area contributed by atoms with Gasteiger partial charge in [-0.05, 0) is 36.3 Å². The van der Waals surface area contributed by atoms with Crippen LogP contribution in [0.25, 0.3) is 0 Å². The lowest BCUT2D eigenvalue weighted by Crippen LogP contribution is -2.64. The van der Waals surface area contributed by atoms with Crippen LogP contribution in [0.3, 0.4) is 0 Å². The summed E-state index contributed by atoms with van der Waals surface area (Å²) >= 11 is 8.00. The van der Waals surface area contributed by atoms with Crippen molar-refractivity contribution in [1.29, 1.82) is 0 Å². The molecule has 0 amide bonds. The van der Waals surface area contributed by atoms with Gasteiger partial charge in [0.15, 0.2) is 0 Å². The molecular formula is C30H45ClSi4. The number of hydrogen-bond donors (Lipinski definition) is 0. The second-order valence-corrected chi connectivity index (χ2v) is 33.4. The summed E-state index contributed by atoms with van der Waals surface area (Å²) in [6.45, 7) is 28.7. The standard InChI is InChI=1S/C30H45ClSi4/c1-22-19-25(13-16-28(22)32(4,5)6)35(31,26-14-17-29(23(2)20-26)33(7,8)9)27-15-18-30(24(3)21-27)34(10,11)12/h13-21H,1-12H3. The normalized spacial score (nSPS) is 13.3. The highest BCUT2D eigenvalue weighted by Gasteiger charge is 2.40. The largest absolute Gasteiger partial charge is 0.247 e. The maximum atomic E-state index is 8.00. The summed E-state index contributed by atoms with van der Waals surface area (Å²) in [7, 11) is -6.93. The summed E-state index contributed by atoms with van der Waals surface area (Å²) in [5.74, 6) is 0. The molecule has 0 radical (unpaired) electrons. The molecular weight excluding hydrogens is 508 g/mol. The first-order valence-electron chi connectivity index (χ1n) is 12.9. The van der Waals surface area contributed by atoms with Gasteiger partial charge in [0.1, 0.15) is 0 Å². The van der Waals surface area contributed by atoms with E-state index in [2.05, 4.69) is 134 Å². The lowest BCUT2D eigenvalue weighted by atomic mass is 10.2. The molecule has 0 aliphatic carbocycles. The minimum atomic E-state index is -2.70. The number of aryl methyl sites for hydroxylation is 3. The first-order chi connectivity index (χ1) is 15.9. The zero-order chi connectivity index (χ0) is 26.6. The predicted octanol–water partition coefficient (Wildman–Crippen LogP) is 5.45. The second kappa shape index (κ2) is 9.60. The van der Waals surface area contributed by atoms with Crippen LogP contribution in [0.15, 0.2) is 54.6 Å². The number of benzene rings is 3. The van der Waals surface area contributed by atoms with Crippen LogP contribution in [0.2, 0.25) is 58.9 Å². The fourth-order valence-electron chi connectivity index (χ4n) is 5.66. The highest BCUT2D eigenvalue weighted by atomic mass is 35.6. The average Bonchev–Trinajstić information content (AvgIpc) is 2.70. The van der Waals surface area contributed by atoms with Gasteiger partial charge in [-0.2, -0.15) is 0 Å². The van der Waals surface area contributed by atoms with Gasteiger partial charge in [0, 0.05) is 0 Å². The average molecular weight is 553 g/mol. The SMILES string of the molecule is Cc1cc([Si](Cl)(c2ccc([Si](C)(C)C)c(C)c2)c2ccc([Si](C)(C)C)c(C)c2)ccc1[Si](C)(C)C. The molecule has 3 aromatic rings. The van der Waals surface area contributed by atoms with Gasteiger partial charge in [0.05, 0.1) is 24.2 Å². The van der Waals surface area contributed by atoms with E-state index in [1.807, 2.05) is 0 Å². The van der Waals surface area contributed by atoms with E-state index >= 15 is 0 Å². The predicted molar refractivity (Wildman–Crippen MR) is 173 cm³/mol. The van der Waals surface area contributed by atoms with Gasteiger partial charge in [0.25, 0.3) is 0 Å². The van der Waals surface area contributed by atoms with E-state index in [0.29, 0.717) is 0 Å². The van der Waals surface area contributed by atoms with Crippen LogP contribution in [0.5, 0.6) is 0 Å². The summed E-state index contributed by atoms with van der Waals surface area (Å²) in [4.78, 5) is 0. The van der Waals surface area contributed by atoms with E-state index in [1.165, 1.54) is 47.8 Å². The highest BCUT2D eigenvalue weighted by molar-refractivity contribution is 7.40. The van der Waals surface area contributed by atoms with Crippen LogP contribution >= 0.6 is 11.1 Å². The molecule has 0 aliphatic heterocycles. The number of rotatable bonds is 6. The van der Waals surface area contributed by atoms with E-state index in [-0.39, 0.29) is 0 Å². The summed E-state index contributed by atoms with van der Waals surface area (Å²) in [6.07, 6.45) is 0. The van der Waals surface area contributed by atoms with E-state index < -0.39 is 31.6 Å². The van der Waals surface area contributed by atoms with Gasteiger partial charge >= 0.3 is 0 Å². The van der Waals surface area contributed by atoms with Crippen molar-refractivity contribution >= 4 is 73.8 Å². The zero-order valence-corrected chi connectivity index (χ0v) is 28.8. The summed E-state index contributed by atoms with van der Waals surface area (Å²) < 4.78 is 0. The molecule has 0 spiro atoms. The first-order valence-corrected chi connectivity index (χ1v) is 26.4. The third-order valence-electron chi connectivity index (χ3n) is 7.30. The third-order valence-corrected chi connectivity index (χ3v) is 19.1. The molecule has 0 N–H and O–H groups in total. The molecule has 188 valence electrons. The molecule has 0 saturated heterocycles. The Morgan fingerprint density at radius 2 is 0.657 bits per heavy atom. The van der Waals surface area contributed by atoms with Crippen molar-refractivity contribution < 1.29 is 0 Å². The van der Waals surface area contributed by atoms with Crippen molar-refractivity contribution in [2.45, 2.75) is 79.7 Å². The van der Waals surface area contributed by atoms with Crippen LogP contribution in [0, 0.1) is 20.8 Å². The van der Waals surface area contributed by atoms with Gasteiger partial charge in [0.2, 0.25) is 7.38 Å². The van der Waals surface area contributed by atoms with E-state index in [0.717, 1.165) is 0 Å². The molecule has 0 unspecified atom stereocenters. The number of hydrogen-bond acceptors (Lipinski definition) is 0. The van der Waals surface area contributed by atoms with E-state index in [1.54, 1.807) is 0 Å². The molecule has 35 heavy (non-hydrogen) atoms. The van der Waals surface area contributed by atoms with Crippen molar-refractivity contribution in [3.05, 3.63) is 71.3 Å². The van der Waals surface area contributed by atoms with Crippen LogP contribution in [0.4, 0.5) is 0 Å². The maximum Gasteiger partial charge on any atom is 0.247 e. The maximum absolute atomic E-state index is 8.00. The van der Waals surface area contributed by atoms with Crippen molar-refractivity contribution in [2.75, 3.05) is 0 Å². The summed E-state index contributed by atoms with van der Waals surface area (Å²) in [6, 6.07) is 21.4. The molecule has 0 nitrogen and oxygen atoms in total. The fourth-order valence-corrected chi connectivity index (χ4v) is 15.4. The van der Waals surface area contributed by atoms with Gasteiger partial charge < -0.3 is 0 Å². The monoisotopic (exact) mass is 552 g/mol. The molecule has 0 saturated carbocycles. The lowest BCUT2D eigenvalue weighted by molar-refractivity contribution is 1.49. The second-order valence-electron chi connectivity index (χ2n) is 13.5. The van der Waals surface area contributed by atoms with Crippen molar-refractivity contribution in [3.63, 3.8) is 0 Å². The van der Waals surface area contributed by atoms with Gasteiger partial charge in [-0.3, -0.25) is 0 Å². The van der Waals surface area contributed by atoms with Gasteiger partial charge in [-0.15, -0.1) is 11.1 Å². The minimum Gasteiger partial charge on any atom is -0.149 e. The molecule has 0 aliphatic rings. The summed E-state index contributed by atoms with van der Waals surface area (Å²) in [5, 5.41) is 8.51. The van der Waals surface area contributed by atoms with E-state index in [9.17, 15) is 0 Å². The molecule has 0 atom stereocenters. The molecule has 3 rings (SSSR count). The fraction of sp³-hybridized carbons (Fsp3) is 0.400. The Morgan fingerprint density at radius 3 is 0.829 bits per heavy atom. The zero-order valence-electron chi connectivity index (χ0n) is 24.1. The molecule has 0 aromatic heterocycles. The Labute approximate surface area is 223 Å². The van der Waals surface area contributed by atoms with Crippen molar-refractivity contribution in [1.82, 2.24) is 0 Å².